The molecule has 3 fully saturated rings. The number of benzene rings is 1. The molecule has 6 heteroatoms. The monoisotopic (exact) mass is 411 g/mol. The van der Waals surface area contributed by atoms with Crippen LogP contribution in [0, 0.1) is 5.92 Å². The molecular formula is C24H33N3O3. The van der Waals surface area contributed by atoms with Gasteiger partial charge in [0.25, 0.3) is 0 Å². The lowest BCUT2D eigenvalue weighted by molar-refractivity contribution is -0.205. The summed E-state index contributed by atoms with van der Waals surface area (Å²) in [5.74, 6) is 0.470. The maximum atomic E-state index is 13.1. The van der Waals surface area contributed by atoms with E-state index in [2.05, 4.69) is 30.3 Å². The second kappa shape index (κ2) is 8.16. The largest absolute Gasteiger partial charge is 0.394 e. The van der Waals surface area contributed by atoms with Gasteiger partial charge in [0.15, 0.2) is 0 Å². The molecule has 162 valence electrons. The van der Waals surface area contributed by atoms with Crippen molar-refractivity contribution in [1.82, 2.24) is 14.7 Å². The molecule has 1 aromatic rings. The summed E-state index contributed by atoms with van der Waals surface area (Å²) in [6.07, 6.45) is 7.17. The van der Waals surface area contributed by atoms with Gasteiger partial charge in [-0.1, -0.05) is 42.8 Å². The molecular weight excluding hydrogens is 378 g/mol. The maximum absolute atomic E-state index is 13.1. The first-order chi connectivity index (χ1) is 14.4. The lowest BCUT2D eigenvalue weighted by Gasteiger charge is -2.70. The predicted molar refractivity (Wildman–Crippen MR) is 117 cm³/mol. The highest BCUT2D eigenvalue weighted by Gasteiger charge is 2.68. The van der Waals surface area contributed by atoms with Crippen LogP contribution in [0.5, 0.6) is 0 Å². The third-order valence-corrected chi connectivity index (χ3v) is 7.03. The first-order valence-corrected chi connectivity index (χ1v) is 11.0. The topological polar surface area (TPSA) is 64.1 Å². The molecule has 3 aliphatic rings. The zero-order valence-corrected chi connectivity index (χ0v) is 18.3. The molecule has 30 heavy (non-hydrogen) atoms. The first-order valence-electron chi connectivity index (χ1n) is 11.0. The Morgan fingerprint density at radius 1 is 1.20 bits per heavy atom. The van der Waals surface area contributed by atoms with Crippen molar-refractivity contribution in [3.8, 4) is 0 Å². The van der Waals surface area contributed by atoms with Crippen LogP contribution in [0.2, 0.25) is 0 Å². The van der Waals surface area contributed by atoms with Gasteiger partial charge in [-0.25, -0.2) is 0 Å². The van der Waals surface area contributed by atoms with Gasteiger partial charge in [0.05, 0.1) is 24.7 Å². The number of aliphatic hydroxyl groups excluding tert-OH is 1. The summed E-state index contributed by atoms with van der Waals surface area (Å²) < 4.78 is 0. The Morgan fingerprint density at radius 2 is 1.87 bits per heavy atom. The summed E-state index contributed by atoms with van der Waals surface area (Å²) in [6, 6.07) is 8.13. The SMILES string of the molecule is C/C=C/c1ccc([C@H]2[C@@H](CO)N(C(=O)CN(C)C)C23CN(C(=O)C2CCC2)C3)cc1. The van der Waals surface area contributed by atoms with Crippen molar-refractivity contribution in [3.63, 3.8) is 0 Å². The Labute approximate surface area is 179 Å². The molecule has 6 nitrogen and oxygen atoms in total. The van der Waals surface area contributed by atoms with E-state index >= 15 is 0 Å². The predicted octanol–water partition coefficient (Wildman–Crippen LogP) is 1.95. The number of aliphatic hydroxyl groups is 1. The Balaban J connectivity index is 1.60. The zero-order chi connectivity index (χ0) is 21.5. The molecule has 0 unspecified atom stereocenters. The highest BCUT2D eigenvalue weighted by molar-refractivity contribution is 5.85. The highest BCUT2D eigenvalue weighted by atomic mass is 16.3. The van der Waals surface area contributed by atoms with E-state index in [9.17, 15) is 14.7 Å². The van der Waals surface area contributed by atoms with Crippen molar-refractivity contribution in [2.24, 2.45) is 5.92 Å². The van der Waals surface area contributed by atoms with Crippen molar-refractivity contribution >= 4 is 17.9 Å². The smallest absolute Gasteiger partial charge is 0.237 e. The van der Waals surface area contributed by atoms with Gasteiger partial charge in [0, 0.05) is 24.9 Å². The molecule has 1 N–H and O–H groups in total. The first kappa shape index (κ1) is 21.1. The van der Waals surface area contributed by atoms with E-state index < -0.39 is 5.54 Å². The summed E-state index contributed by atoms with van der Waals surface area (Å²) >= 11 is 0. The third-order valence-electron chi connectivity index (χ3n) is 7.03. The van der Waals surface area contributed by atoms with E-state index in [4.69, 9.17) is 0 Å². The van der Waals surface area contributed by atoms with Gasteiger partial charge in [-0.05, 0) is 45.0 Å². The molecule has 0 bridgehead atoms. The van der Waals surface area contributed by atoms with Crippen molar-refractivity contribution < 1.29 is 14.7 Å². The summed E-state index contributed by atoms with van der Waals surface area (Å²) in [6.45, 7) is 3.37. The minimum absolute atomic E-state index is 0.0246. The van der Waals surface area contributed by atoms with Crippen molar-refractivity contribution in [3.05, 3.63) is 41.5 Å². The van der Waals surface area contributed by atoms with Crippen LogP contribution >= 0.6 is 0 Å². The molecule has 1 saturated carbocycles. The second-order valence-corrected chi connectivity index (χ2v) is 9.32. The number of hydrogen-bond donors (Lipinski definition) is 1. The lowest BCUT2D eigenvalue weighted by Crippen LogP contribution is -2.86. The van der Waals surface area contributed by atoms with Crippen LogP contribution in [0.15, 0.2) is 30.3 Å². The molecule has 2 aliphatic heterocycles. The van der Waals surface area contributed by atoms with Gasteiger partial charge in [-0.15, -0.1) is 0 Å². The van der Waals surface area contributed by atoms with Crippen molar-refractivity contribution in [2.75, 3.05) is 40.3 Å². The van der Waals surface area contributed by atoms with Gasteiger partial charge in [0.2, 0.25) is 11.8 Å². The number of carbonyl (C=O) groups is 2. The van der Waals surface area contributed by atoms with E-state index in [1.165, 1.54) is 0 Å². The molecule has 0 radical (unpaired) electrons. The Kier molecular flexibility index (Phi) is 5.73. The van der Waals surface area contributed by atoms with Crippen molar-refractivity contribution in [2.45, 2.75) is 43.7 Å². The van der Waals surface area contributed by atoms with E-state index in [0.717, 1.165) is 30.4 Å². The fourth-order valence-corrected chi connectivity index (χ4v) is 5.44. The highest BCUT2D eigenvalue weighted by Crippen LogP contribution is 2.54. The molecule has 2 saturated heterocycles. The number of amides is 2. The lowest BCUT2D eigenvalue weighted by atomic mass is 9.60. The molecule has 2 atom stereocenters. The van der Waals surface area contributed by atoms with Crippen LogP contribution in [0.1, 0.15) is 43.2 Å². The van der Waals surface area contributed by atoms with Crippen LogP contribution in [0.4, 0.5) is 0 Å². The van der Waals surface area contributed by atoms with Crippen LogP contribution in [0.25, 0.3) is 6.08 Å². The standard InChI is InChI=1S/C24H33N3O3/c1-4-6-17-9-11-18(12-10-17)22-20(14-28)27(21(29)13-25(2)3)24(22)15-26(16-24)23(30)19-7-5-8-19/h4,6,9-12,19-20,22,28H,5,7-8,13-16H2,1-3H3/b6-4+/t20-,22+/m1/s1. The number of allylic oxidation sites excluding steroid dienone is 1. The number of likely N-dealkylation sites (N-methyl/N-ethyl adjacent to an activating group) is 1. The summed E-state index contributed by atoms with van der Waals surface area (Å²) in [5.41, 5.74) is 1.86. The van der Waals surface area contributed by atoms with Gasteiger partial charge in [-0.2, -0.15) is 0 Å². The minimum Gasteiger partial charge on any atom is -0.394 e. The van der Waals surface area contributed by atoms with Gasteiger partial charge in [0.1, 0.15) is 0 Å². The van der Waals surface area contributed by atoms with Crippen LogP contribution < -0.4 is 0 Å². The molecule has 1 aromatic carbocycles. The molecule has 4 rings (SSSR count). The number of nitrogens with zero attached hydrogens (tertiary/aromatic N) is 3. The van der Waals surface area contributed by atoms with E-state index in [1.54, 1.807) is 0 Å². The quantitative estimate of drug-likeness (QED) is 0.777. The average Bonchev–Trinajstić information content (AvgIpc) is 2.59. The fraction of sp³-hybridized carbons (Fsp3) is 0.583. The van der Waals surface area contributed by atoms with E-state index in [0.29, 0.717) is 19.6 Å². The molecule has 1 spiro atoms. The fourth-order valence-electron chi connectivity index (χ4n) is 5.44. The van der Waals surface area contributed by atoms with E-state index in [-0.39, 0.29) is 36.3 Å². The van der Waals surface area contributed by atoms with E-state index in [1.807, 2.05) is 41.8 Å². The van der Waals surface area contributed by atoms with Crippen LogP contribution in [-0.4, -0.2) is 83.5 Å². The van der Waals surface area contributed by atoms with Crippen molar-refractivity contribution in [1.29, 1.82) is 0 Å². The Hall–Kier alpha value is -2.18. The van der Waals surface area contributed by atoms with Gasteiger partial charge < -0.3 is 19.8 Å². The third kappa shape index (κ3) is 3.36. The number of carbonyl (C=O) groups excluding carboxylic acids is 2. The summed E-state index contributed by atoms with van der Waals surface area (Å²) in [4.78, 5) is 31.5. The van der Waals surface area contributed by atoms with Crippen LogP contribution in [-0.2, 0) is 9.59 Å². The average molecular weight is 412 g/mol. The normalized spacial score (nSPS) is 25.4. The summed E-state index contributed by atoms with van der Waals surface area (Å²) in [5, 5.41) is 10.2. The molecule has 0 aromatic heterocycles. The number of likely N-dealkylation sites (tertiary alicyclic amines) is 2. The van der Waals surface area contributed by atoms with Crippen LogP contribution in [0.3, 0.4) is 0 Å². The second-order valence-electron chi connectivity index (χ2n) is 9.32. The number of rotatable bonds is 6. The molecule has 1 aliphatic carbocycles. The number of hydrogen-bond acceptors (Lipinski definition) is 4. The molecule has 2 amide bonds. The minimum atomic E-state index is -0.401. The van der Waals surface area contributed by atoms with Gasteiger partial charge in [-0.3, -0.25) is 9.59 Å². The maximum Gasteiger partial charge on any atom is 0.237 e. The zero-order valence-electron chi connectivity index (χ0n) is 18.3. The Bertz CT molecular complexity index is 823. The summed E-state index contributed by atoms with van der Waals surface area (Å²) in [7, 11) is 3.76. The van der Waals surface area contributed by atoms with Gasteiger partial charge >= 0.3 is 0 Å². The Morgan fingerprint density at radius 3 is 2.37 bits per heavy atom. The molecule has 2 heterocycles.